The zero-order chi connectivity index (χ0) is 14.1. The molecule has 0 aliphatic heterocycles. The molecule has 0 atom stereocenters. The van der Waals surface area contributed by atoms with Crippen molar-refractivity contribution in [1.82, 2.24) is 9.88 Å². The van der Waals surface area contributed by atoms with E-state index in [4.69, 9.17) is 11.6 Å². The Morgan fingerprint density at radius 1 is 1.26 bits per heavy atom. The molecule has 1 heterocycles. The highest BCUT2D eigenvalue weighted by molar-refractivity contribution is 7.98. The maximum absolute atomic E-state index is 6.18. The third-order valence-electron chi connectivity index (χ3n) is 2.96. The van der Waals surface area contributed by atoms with Crippen molar-refractivity contribution in [2.75, 3.05) is 37.2 Å². The van der Waals surface area contributed by atoms with E-state index in [0.717, 1.165) is 54.2 Å². The normalized spacial score (nSPS) is 11.0. The Labute approximate surface area is 126 Å². The van der Waals surface area contributed by atoms with Crippen LogP contribution in [0.2, 0.25) is 5.02 Å². The first-order valence-electron chi connectivity index (χ1n) is 6.90. The number of halogens is 1. The Kier molecular flexibility index (Phi) is 8.26. The van der Waals surface area contributed by atoms with Crippen molar-refractivity contribution in [1.29, 1.82) is 0 Å². The highest BCUT2D eigenvalue weighted by Crippen LogP contribution is 2.21. The van der Waals surface area contributed by atoms with Crippen molar-refractivity contribution in [2.24, 2.45) is 0 Å². The molecule has 0 aliphatic rings. The number of aromatic nitrogens is 1. The van der Waals surface area contributed by atoms with Crippen LogP contribution in [0.25, 0.3) is 0 Å². The van der Waals surface area contributed by atoms with E-state index in [2.05, 4.69) is 36.0 Å². The van der Waals surface area contributed by atoms with Gasteiger partial charge in [-0.25, -0.2) is 4.98 Å². The molecular formula is C14H24ClN3S. The van der Waals surface area contributed by atoms with Crippen molar-refractivity contribution >= 4 is 29.2 Å². The van der Waals surface area contributed by atoms with E-state index in [-0.39, 0.29) is 0 Å². The van der Waals surface area contributed by atoms with Crippen molar-refractivity contribution in [3.8, 4) is 0 Å². The Bertz CT molecular complexity index is 370. The summed E-state index contributed by atoms with van der Waals surface area (Å²) < 4.78 is 0. The number of thioether (sulfide) groups is 1. The summed E-state index contributed by atoms with van der Waals surface area (Å²) in [6.07, 6.45) is 0. The van der Waals surface area contributed by atoms with Crippen LogP contribution in [0.15, 0.2) is 12.1 Å². The van der Waals surface area contributed by atoms with Gasteiger partial charge in [0.05, 0.1) is 10.7 Å². The zero-order valence-electron chi connectivity index (χ0n) is 12.1. The van der Waals surface area contributed by atoms with Gasteiger partial charge in [-0.05, 0) is 32.1 Å². The van der Waals surface area contributed by atoms with Gasteiger partial charge in [0.25, 0.3) is 0 Å². The van der Waals surface area contributed by atoms with Gasteiger partial charge in [0.1, 0.15) is 5.82 Å². The molecule has 1 aromatic rings. The maximum atomic E-state index is 6.18. The van der Waals surface area contributed by atoms with E-state index in [9.17, 15) is 0 Å². The van der Waals surface area contributed by atoms with Crippen LogP contribution in [0.3, 0.4) is 0 Å². The predicted octanol–water partition coefficient (Wildman–Crippen LogP) is 3.74. The van der Waals surface area contributed by atoms with Crippen LogP contribution < -0.4 is 5.32 Å². The Balaban J connectivity index is 2.41. The molecule has 0 radical (unpaired) electrons. The molecule has 0 bridgehead atoms. The second kappa shape index (κ2) is 9.45. The first kappa shape index (κ1) is 16.6. The molecule has 0 saturated carbocycles. The summed E-state index contributed by atoms with van der Waals surface area (Å²) in [5.41, 5.74) is 0.977. The Morgan fingerprint density at radius 3 is 2.63 bits per heavy atom. The summed E-state index contributed by atoms with van der Waals surface area (Å²) in [6.45, 7) is 10.7. The first-order valence-corrected chi connectivity index (χ1v) is 8.43. The number of nitrogens with zero attached hydrogens (tertiary/aromatic N) is 2. The van der Waals surface area contributed by atoms with E-state index >= 15 is 0 Å². The zero-order valence-corrected chi connectivity index (χ0v) is 13.7. The summed E-state index contributed by atoms with van der Waals surface area (Å²) in [6, 6.07) is 3.85. The molecular weight excluding hydrogens is 278 g/mol. The SMILES string of the molecule is CCNc1ccc(Cl)c(CSCCN(CC)CC)n1. The molecule has 0 unspecified atom stereocenters. The molecule has 5 heteroatoms. The van der Waals surface area contributed by atoms with Crippen LogP contribution >= 0.6 is 23.4 Å². The summed E-state index contributed by atoms with van der Waals surface area (Å²) >= 11 is 8.07. The van der Waals surface area contributed by atoms with Gasteiger partial charge in [-0.2, -0.15) is 11.8 Å². The smallest absolute Gasteiger partial charge is 0.126 e. The number of hydrogen-bond acceptors (Lipinski definition) is 4. The highest BCUT2D eigenvalue weighted by Gasteiger charge is 2.05. The van der Waals surface area contributed by atoms with Crippen LogP contribution in [0, 0.1) is 0 Å². The van der Waals surface area contributed by atoms with Gasteiger partial charge in [-0.1, -0.05) is 25.4 Å². The van der Waals surface area contributed by atoms with E-state index in [1.807, 2.05) is 23.9 Å². The van der Waals surface area contributed by atoms with Gasteiger partial charge in [0, 0.05) is 24.6 Å². The quantitative estimate of drug-likeness (QED) is 0.703. The maximum Gasteiger partial charge on any atom is 0.126 e. The van der Waals surface area contributed by atoms with Crippen molar-refractivity contribution in [3.63, 3.8) is 0 Å². The van der Waals surface area contributed by atoms with Crippen molar-refractivity contribution < 1.29 is 0 Å². The van der Waals surface area contributed by atoms with Crippen molar-refractivity contribution in [2.45, 2.75) is 26.5 Å². The molecule has 1 N–H and O–H groups in total. The lowest BCUT2D eigenvalue weighted by Crippen LogP contribution is -2.25. The van der Waals surface area contributed by atoms with Gasteiger partial charge >= 0.3 is 0 Å². The van der Waals surface area contributed by atoms with Crippen LogP contribution in [0.5, 0.6) is 0 Å². The molecule has 108 valence electrons. The fraction of sp³-hybridized carbons (Fsp3) is 0.643. The average molecular weight is 302 g/mol. The Morgan fingerprint density at radius 2 is 2.00 bits per heavy atom. The molecule has 0 aromatic carbocycles. The minimum absolute atomic E-state index is 0.761. The topological polar surface area (TPSA) is 28.2 Å². The fourth-order valence-corrected chi connectivity index (χ4v) is 2.96. The van der Waals surface area contributed by atoms with Crippen molar-refractivity contribution in [3.05, 3.63) is 22.8 Å². The second-order valence-electron chi connectivity index (χ2n) is 4.23. The van der Waals surface area contributed by atoms with Gasteiger partial charge in [0.2, 0.25) is 0 Å². The summed E-state index contributed by atoms with van der Waals surface area (Å²) in [7, 11) is 0. The largest absolute Gasteiger partial charge is 0.370 e. The van der Waals surface area contributed by atoms with Crippen LogP contribution in [-0.4, -0.2) is 41.8 Å². The molecule has 3 nitrogen and oxygen atoms in total. The third-order valence-corrected chi connectivity index (χ3v) is 4.25. The molecule has 1 aromatic heterocycles. The number of rotatable bonds is 9. The van der Waals surface area contributed by atoms with Crippen LogP contribution in [-0.2, 0) is 5.75 Å². The fourth-order valence-electron chi connectivity index (χ4n) is 1.77. The van der Waals surface area contributed by atoms with E-state index < -0.39 is 0 Å². The molecule has 1 rings (SSSR count). The third kappa shape index (κ3) is 6.02. The second-order valence-corrected chi connectivity index (χ2v) is 5.75. The van der Waals surface area contributed by atoms with Gasteiger partial charge in [-0.3, -0.25) is 0 Å². The molecule has 19 heavy (non-hydrogen) atoms. The molecule has 0 spiro atoms. The van der Waals surface area contributed by atoms with E-state index in [1.54, 1.807) is 0 Å². The number of anilines is 1. The monoisotopic (exact) mass is 301 g/mol. The minimum atomic E-state index is 0.761. The lowest BCUT2D eigenvalue weighted by atomic mass is 10.3. The van der Waals surface area contributed by atoms with Gasteiger partial charge < -0.3 is 10.2 Å². The molecule has 0 amide bonds. The Hall–Kier alpha value is -0.450. The minimum Gasteiger partial charge on any atom is -0.370 e. The van der Waals surface area contributed by atoms with Gasteiger partial charge in [-0.15, -0.1) is 0 Å². The lowest BCUT2D eigenvalue weighted by molar-refractivity contribution is 0.324. The molecule has 0 aliphatic carbocycles. The van der Waals surface area contributed by atoms with E-state index in [0.29, 0.717) is 0 Å². The van der Waals surface area contributed by atoms with Crippen LogP contribution in [0.1, 0.15) is 26.5 Å². The summed E-state index contributed by atoms with van der Waals surface area (Å²) in [5, 5.41) is 3.98. The summed E-state index contributed by atoms with van der Waals surface area (Å²) in [4.78, 5) is 6.97. The van der Waals surface area contributed by atoms with E-state index in [1.165, 1.54) is 0 Å². The van der Waals surface area contributed by atoms with Crippen LogP contribution in [0.4, 0.5) is 5.82 Å². The predicted molar refractivity (Wildman–Crippen MR) is 87.4 cm³/mol. The molecule has 0 fully saturated rings. The summed E-state index contributed by atoms with van der Waals surface area (Å²) in [5.74, 6) is 2.90. The first-order chi connectivity index (χ1) is 9.21. The highest BCUT2D eigenvalue weighted by atomic mass is 35.5. The van der Waals surface area contributed by atoms with Gasteiger partial charge in [0.15, 0.2) is 0 Å². The number of pyridine rings is 1. The number of nitrogens with one attached hydrogen (secondary N) is 1. The standard InChI is InChI=1S/C14H24ClN3S/c1-4-16-14-8-7-12(15)13(17-14)11-19-10-9-18(5-2)6-3/h7-8H,4-6,9-11H2,1-3H3,(H,16,17). The average Bonchev–Trinajstić information content (AvgIpc) is 2.42. The lowest BCUT2D eigenvalue weighted by Gasteiger charge is -2.17. The number of hydrogen-bond donors (Lipinski definition) is 1. The molecule has 0 saturated heterocycles.